The Labute approximate surface area is 152 Å². The third-order valence-corrected chi connectivity index (χ3v) is 4.66. The van der Waals surface area contributed by atoms with Gasteiger partial charge in [-0.05, 0) is 25.0 Å². The number of hydrogen-bond acceptors (Lipinski definition) is 4. The molecule has 0 aliphatic heterocycles. The summed E-state index contributed by atoms with van der Waals surface area (Å²) in [6.07, 6.45) is 2.73. The van der Waals surface area contributed by atoms with Crippen LogP contribution in [0.3, 0.4) is 0 Å². The second-order valence-electron chi connectivity index (χ2n) is 6.37. The Morgan fingerprint density at radius 2 is 1.85 bits per heavy atom. The number of fused-ring (bicyclic) bond motifs is 3. The number of benzene rings is 2. The van der Waals surface area contributed by atoms with Gasteiger partial charge < -0.3 is 15.0 Å². The van der Waals surface area contributed by atoms with Crippen LogP contribution in [0, 0.1) is 0 Å². The zero-order valence-electron chi connectivity index (χ0n) is 14.8. The van der Waals surface area contributed by atoms with E-state index >= 15 is 0 Å². The van der Waals surface area contributed by atoms with Crippen LogP contribution in [0.4, 0.5) is 5.82 Å². The molecule has 26 heavy (non-hydrogen) atoms. The van der Waals surface area contributed by atoms with Crippen LogP contribution in [0.2, 0.25) is 0 Å². The van der Waals surface area contributed by atoms with Crippen molar-refractivity contribution in [2.45, 2.75) is 19.4 Å². The molecule has 1 unspecified atom stereocenters. The molecule has 2 aromatic carbocycles. The Morgan fingerprint density at radius 1 is 1.08 bits per heavy atom. The van der Waals surface area contributed by atoms with Gasteiger partial charge in [-0.3, -0.25) is 0 Å². The van der Waals surface area contributed by atoms with E-state index in [2.05, 4.69) is 44.9 Å². The molecule has 1 atom stereocenters. The van der Waals surface area contributed by atoms with E-state index in [1.54, 1.807) is 0 Å². The maximum Gasteiger partial charge on any atom is 0.152 e. The SMILES string of the molecule is CCOCC(Cc1ccccc1)n1cnc2c(N)nc3ccccc3c21. The summed E-state index contributed by atoms with van der Waals surface area (Å²) in [5, 5.41) is 1.06. The molecule has 0 fully saturated rings. The summed E-state index contributed by atoms with van der Waals surface area (Å²) >= 11 is 0. The van der Waals surface area contributed by atoms with E-state index < -0.39 is 0 Å². The normalized spacial score (nSPS) is 12.7. The van der Waals surface area contributed by atoms with Crippen LogP contribution in [0.15, 0.2) is 60.9 Å². The van der Waals surface area contributed by atoms with E-state index in [-0.39, 0.29) is 6.04 Å². The highest BCUT2D eigenvalue weighted by Crippen LogP contribution is 2.30. The van der Waals surface area contributed by atoms with Gasteiger partial charge in [-0.2, -0.15) is 0 Å². The van der Waals surface area contributed by atoms with E-state index in [4.69, 9.17) is 10.5 Å². The van der Waals surface area contributed by atoms with E-state index in [0.29, 0.717) is 19.0 Å². The Balaban J connectivity index is 1.86. The average molecular weight is 346 g/mol. The molecule has 0 saturated heterocycles. The van der Waals surface area contributed by atoms with Gasteiger partial charge in [0.15, 0.2) is 5.82 Å². The highest BCUT2D eigenvalue weighted by Gasteiger charge is 2.19. The van der Waals surface area contributed by atoms with Crippen molar-refractivity contribution in [2.75, 3.05) is 18.9 Å². The average Bonchev–Trinajstić information content (AvgIpc) is 3.12. The highest BCUT2D eigenvalue weighted by molar-refractivity contribution is 6.06. The third kappa shape index (κ3) is 3.02. The lowest BCUT2D eigenvalue weighted by atomic mass is 10.1. The number of nitrogens with zero attached hydrogens (tertiary/aromatic N) is 3. The molecule has 2 N–H and O–H groups in total. The van der Waals surface area contributed by atoms with Crippen LogP contribution < -0.4 is 5.73 Å². The summed E-state index contributed by atoms with van der Waals surface area (Å²) in [6, 6.07) is 18.6. The molecule has 0 saturated carbocycles. The number of hydrogen-bond donors (Lipinski definition) is 1. The van der Waals surface area contributed by atoms with Gasteiger partial charge in [0.1, 0.15) is 5.52 Å². The van der Waals surface area contributed by atoms with Gasteiger partial charge >= 0.3 is 0 Å². The number of pyridine rings is 1. The first-order valence-electron chi connectivity index (χ1n) is 8.90. The van der Waals surface area contributed by atoms with Crippen molar-refractivity contribution in [2.24, 2.45) is 0 Å². The topological polar surface area (TPSA) is 66.0 Å². The number of anilines is 1. The Hall–Kier alpha value is -2.92. The molecule has 4 aromatic rings. The number of nitrogen functional groups attached to an aromatic ring is 1. The first-order valence-corrected chi connectivity index (χ1v) is 8.90. The van der Waals surface area contributed by atoms with Crippen LogP contribution in [0.1, 0.15) is 18.5 Å². The quantitative estimate of drug-likeness (QED) is 0.573. The number of imidazole rings is 1. The fourth-order valence-corrected chi connectivity index (χ4v) is 3.42. The van der Waals surface area contributed by atoms with Crippen molar-refractivity contribution in [1.82, 2.24) is 14.5 Å². The molecule has 132 valence electrons. The van der Waals surface area contributed by atoms with Gasteiger partial charge in [-0.15, -0.1) is 0 Å². The molecule has 0 bridgehead atoms. The van der Waals surface area contributed by atoms with E-state index in [1.807, 2.05) is 37.5 Å². The van der Waals surface area contributed by atoms with Gasteiger partial charge in [0.2, 0.25) is 0 Å². The Bertz CT molecular complexity index is 1030. The van der Waals surface area contributed by atoms with Crippen molar-refractivity contribution in [1.29, 1.82) is 0 Å². The fourth-order valence-electron chi connectivity index (χ4n) is 3.42. The maximum atomic E-state index is 6.17. The zero-order valence-corrected chi connectivity index (χ0v) is 14.8. The maximum absolute atomic E-state index is 6.17. The minimum absolute atomic E-state index is 0.132. The molecule has 5 heteroatoms. The molecule has 4 rings (SSSR count). The number of para-hydroxylation sites is 1. The second-order valence-corrected chi connectivity index (χ2v) is 6.37. The molecule has 0 radical (unpaired) electrons. The molecule has 2 heterocycles. The lowest BCUT2D eigenvalue weighted by Gasteiger charge is -2.20. The molecule has 0 spiro atoms. The van der Waals surface area contributed by atoms with E-state index in [9.17, 15) is 0 Å². The van der Waals surface area contributed by atoms with Crippen molar-refractivity contribution < 1.29 is 4.74 Å². The second kappa shape index (κ2) is 7.14. The summed E-state index contributed by atoms with van der Waals surface area (Å²) in [4.78, 5) is 9.05. The molecule has 5 nitrogen and oxygen atoms in total. The fraction of sp³-hybridized carbons (Fsp3) is 0.238. The summed E-state index contributed by atoms with van der Waals surface area (Å²) in [6.45, 7) is 3.32. The van der Waals surface area contributed by atoms with Gasteiger partial charge in [-0.1, -0.05) is 48.5 Å². The van der Waals surface area contributed by atoms with Crippen molar-refractivity contribution >= 4 is 27.8 Å². The summed E-state index contributed by atoms with van der Waals surface area (Å²) in [5.41, 5.74) is 10.1. The molecule has 0 aliphatic carbocycles. The van der Waals surface area contributed by atoms with E-state index in [1.165, 1.54) is 5.56 Å². The lowest BCUT2D eigenvalue weighted by molar-refractivity contribution is 0.114. The standard InChI is InChI=1S/C21H22N4O/c1-2-26-13-16(12-15-8-4-3-5-9-15)25-14-23-19-20(25)17-10-6-7-11-18(17)24-21(19)22/h3-11,14,16H,2,12-13H2,1H3,(H2,22,24). The predicted octanol–water partition coefficient (Wildman–Crippen LogP) is 3.99. The third-order valence-electron chi connectivity index (χ3n) is 4.66. The summed E-state index contributed by atoms with van der Waals surface area (Å²) < 4.78 is 7.98. The largest absolute Gasteiger partial charge is 0.382 e. The first-order chi connectivity index (χ1) is 12.8. The van der Waals surface area contributed by atoms with Crippen LogP contribution in [-0.4, -0.2) is 27.7 Å². The van der Waals surface area contributed by atoms with E-state index in [0.717, 1.165) is 28.4 Å². The smallest absolute Gasteiger partial charge is 0.152 e. The predicted molar refractivity (Wildman–Crippen MR) is 105 cm³/mol. The summed E-state index contributed by atoms with van der Waals surface area (Å²) in [7, 11) is 0. The highest BCUT2D eigenvalue weighted by atomic mass is 16.5. The number of aromatic nitrogens is 3. The first kappa shape index (κ1) is 16.5. The molecule has 0 aliphatic rings. The number of rotatable bonds is 6. The lowest BCUT2D eigenvalue weighted by Crippen LogP contribution is -2.18. The van der Waals surface area contributed by atoms with Crippen LogP contribution in [0.25, 0.3) is 21.9 Å². The minimum Gasteiger partial charge on any atom is -0.382 e. The Morgan fingerprint density at radius 3 is 2.65 bits per heavy atom. The zero-order chi connectivity index (χ0) is 17.9. The molecule has 0 amide bonds. The van der Waals surface area contributed by atoms with Crippen molar-refractivity contribution in [3.63, 3.8) is 0 Å². The molecular formula is C21H22N4O. The van der Waals surface area contributed by atoms with Gasteiger partial charge in [0.05, 0.1) is 30.0 Å². The molecule has 2 aromatic heterocycles. The summed E-state index contributed by atoms with van der Waals surface area (Å²) in [5.74, 6) is 0.465. The van der Waals surface area contributed by atoms with Crippen LogP contribution >= 0.6 is 0 Å². The minimum atomic E-state index is 0.132. The van der Waals surface area contributed by atoms with Gasteiger partial charge in [0, 0.05) is 12.0 Å². The van der Waals surface area contributed by atoms with Crippen molar-refractivity contribution in [3.8, 4) is 0 Å². The number of nitrogens with two attached hydrogens (primary N) is 1. The van der Waals surface area contributed by atoms with Crippen LogP contribution in [0.5, 0.6) is 0 Å². The van der Waals surface area contributed by atoms with Crippen LogP contribution in [-0.2, 0) is 11.2 Å². The Kier molecular flexibility index (Phi) is 4.54. The van der Waals surface area contributed by atoms with Gasteiger partial charge in [0.25, 0.3) is 0 Å². The molecular weight excluding hydrogens is 324 g/mol. The number of ether oxygens (including phenoxy) is 1. The monoisotopic (exact) mass is 346 g/mol. The van der Waals surface area contributed by atoms with Crippen molar-refractivity contribution in [3.05, 3.63) is 66.5 Å². The van der Waals surface area contributed by atoms with Gasteiger partial charge in [-0.25, -0.2) is 9.97 Å².